The maximum atomic E-state index is 5.14. The molecule has 1 unspecified atom stereocenters. The number of rotatable bonds is 9. The van der Waals surface area contributed by atoms with Crippen LogP contribution in [0.1, 0.15) is 25.5 Å². The van der Waals surface area contributed by atoms with Crippen LogP contribution in [0.3, 0.4) is 0 Å². The van der Waals surface area contributed by atoms with E-state index in [1.165, 1.54) is 0 Å². The summed E-state index contributed by atoms with van der Waals surface area (Å²) < 4.78 is 10.2. The van der Waals surface area contributed by atoms with Crippen molar-refractivity contribution in [2.24, 2.45) is 0 Å². The molecule has 1 rings (SSSR count). The van der Waals surface area contributed by atoms with Crippen molar-refractivity contribution < 1.29 is 9.47 Å². The molecule has 5 heteroatoms. The van der Waals surface area contributed by atoms with Crippen molar-refractivity contribution in [3.8, 4) is 5.88 Å². The lowest BCUT2D eigenvalue weighted by molar-refractivity contribution is 0.182. The SMILES string of the molecule is CCCNC(CCOC)Cc1cc(OC)ncn1. The molecule has 0 aliphatic carbocycles. The van der Waals surface area contributed by atoms with Gasteiger partial charge in [-0.05, 0) is 19.4 Å². The zero-order chi connectivity index (χ0) is 13.2. The smallest absolute Gasteiger partial charge is 0.216 e. The summed E-state index contributed by atoms with van der Waals surface area (Å²) in [5.41, 5.74) is 0.992. The first kappa shape index (κ1) is 14.9. The predicted molar refractivity (Wildman–Crippen MR) is 70.9 cm³/mol. The quantitative estimate of drug-likeness (QED) is 0.721. The van der Waals surface area contributed by atoms with E-state index in [2.05, 4.69) is 22.2 Å². The summed E-state index contributed by atoms with van der Waals surface area (Å²) in [6, 6.07) is 2.26. The second-order valence-electron chi connectivity index (χ2n) is 4.19. The molecule has 0 aromatic carbocycles. The monoisotopic (exact) mass is 253 g/mol. The van der Waals surface area contributed by atoms with Gasteiger partial charge in [0.15, 0.2) is 0 Å². The van der Waals surface area contributed by atoms with Gasteiger partial charge in [0.05, 0.1) is 7.11 Å². The summed E-state index contributed by atoms with van der Waals surface area (Å²) in [6.45, 7) is 3.92. The van der Waals surface area contributed by atoms with Crippen molar-refractivity contribution in [2.75, 3.05) is 27.4 Å². The van der Waals surface area contributed by atoms with Crippen LogP contribution in [0.5, 0.6) is 5.88 Å². The van der Waals surface area contributed by atoms with Gasteiger partial charge in [-0.3, -0.25) is 0 Å². The normalized spacial score (nSPS) is 12.4. The van der Waals surface area contributed by atoms with Crippen LogP contribution >= 0.6 is 0 Å². The Morgan fingerprint density at radius 1 is 1.33 bits per heavy atom. The molecule has 5 nitrogen and oxygen atoms in total. The highest BCUT2D eigenvalue weighted by molar-refractivity contribution is 5.14. The molecule has 0 saturated heterocycles. The van der Waals surface area contributed by atoms with Crippen molar-refractivity contribution in [3.63, 3.8) is 0 Å². The first-order chi connectivity index (χ1) is 8.80. The second-order valence-corrected chi connectivity index (χ2v) is 4.19. The van der Waals surface area contributed by atoms with Gasteiger partial charge < -0.3 is 14.8 Å². The Balaban J connectivity index is 2.56. The van der Waals surface area contributed by atoms with Gasteiger partial charge in [-0.1, -0.05) is 6.92 Å². The molecule has 1 atom stereocenters. The van der Waals surface area contributed by atoms with E-state index in [9.17, 15) is 0 Å². The average molecular weight is 253 g/mol. The Hall–Kier alpha value is -1.20. The van der Waals surface area contributed by atoms with Crippen LogP contribution in [-0.4, -0.2) is 43.4 Å². The molecule has 18 heavy (non-hydrogen) atoms. The number of ether oxygens (including phenoxy) is 2. The van der Waals surface area contributed by atoms with Crippen LogP contribution in [0.15, 0.2) is 12.4 Å². The lowest BCUT2D eigenvalue weighted by Gasteiger charge is -2.17. The largest absolute Gasteiger partial charge is 0.481 e. The van der Waals surface area contributed by atoms with Crippen LogP contribution in [0.25, 0.3) is 0 Å². The van der Waals surface area contributed by atoms with Crippen LogP contribution in [0.4, 0.5) is 0 Å². The van der Waals surface area contributed by atoms with E-state index < -0.39 is 0 Å². The van der Waals surface area contributed by atoms with Crippen LogP contribution in [-0.2, 0) is 11.2 Å². The molecule has 0 aliphatic rings. The van der Waals surface area contributed by atoms with E-state index >= 15 is 0 Å². The highest BCUT2D eigenvalue weighted by Gasteiger charge is 2.10. The summed E-state index contributed by atoms with van der Waals surface area (Å²) in [4.78, 5) is 8.28. The highest BCUT2D eigenvalue weighted by Crippen LogP contribution is 2.09. The Morgan fingerprint density at radius 3 is 2.83 bits per heavy atom. The fourth-order valence-corrected chi connectivity index (χ4v) is 1.74. The Labute approximate surface area is 109 Å². The molecule has 0 bridgehead atoms. The lowest BCUT2D eigenvalue weighted by Crippen LogP contribution is -2.33. The van der Waals surface area contributed by atoms with Gasteiger partial charge in [0.2, 0.25) is 5.88 Å². The maximum absolute atomic E-state index is 5.14. The number of nitrogens with zero attached hydrogens (tertiary/aromatic N) is 2. The molecule has 0 radical (unpaired) electrons. The molecule has 0 amide bonds. The highest BCUT2D eigenvalue weighted by atomic mass is 16.5. The molecule has 1 aromatic rings. The van der Waals surface area contributed by atoms with Crippen LogP contribution < -0.4 is 10.1 Å². The molecule has 0 spiro atoms. The van der Waals surface area contributed by atoms with Gasteiger partial charge >= 0.3 is 0 Å². The fraction of sp³-hybridized carbons (Fsp3) is 0.692. The zero-order valence-electron chi connectivity index (χ0n) is 11.5. The average Bonchev–Trinajstić information content (AvgIpc) is 2.42. The molecule has 0 fully saturated rings. The Morgan fingerprint density at radius 2 is 2.17 bits per heavy atom. The molecule has 1 N–H and O–H groups in total. The van der Waals surface area contributed by atoms with E-state index in [-0.39, 0.29) is 0 Å². The first-order valence-corrected chi connectivity index (χ1v) is 6.37. The van der Waals surface area contributed by atoms with Gasteiger partial charge in [-0.15, -0.1) is 0 Å². The Bertz CT molecular complexity index is 326. The molecule has 1 aromatic heterocycles. The number of nitrogens with one attached hydrogen (secondary N) is 1. The minimum atomic E-state index is 0.379. The minimum absolute atomic E-state index is 0.379. The minimum Gasteiger partial charge on any atom is -0.481 e. The van der Waals surface area contributed by atoms with Crippen molar-refractivity contribution in [1.29, 1.82) is 0 Å². The summed E-state index contributed by atoms with van der Waals surface area (Å²) in [5, 5.41) is 3.51. The number of aromatic nitrogens is 2. The summed E-state index contributed by atoms with van der Waals surface area (Å²) in [7, 11) is 3.34. The van der Waals surface area contributed by atoms with Gasteiger partial charge in [0, 0.05) is 37.9 Å². The molecular formula is C13H23N3O2. The van der Waals surface area contributed by atoms with E-state index in [1.807, 2.05) is 6.07 Å². The van der Waals surface area contributed by atoms with Gasteiger partial charge in [-0.2, -0.15) is 0 Å². The maximum Gasteiger partial charge on any atom is 0.216 e. The zero-order valence-corrected chi connectivity index (χ0v) is 11.5. The van der Waals surface area contributed by atoms with E-state index in [1.54, 1.807) is 20.5 Å². The molecular weight excluding hydrogens is 230 g/mol. The Kier molecular flexibility index (Phi) is 7.29. The third kappa shape index (κ3) is 5.42. The third-order valence-electron chi connectivity index (χ3n) is 2.72. The molecule has 102 valence electrons. The van der Waals surface area contributed by atoms with Crippen LogP contribution in [0.2, 0.25) is 0 Å². The van der Waals surface area contributed by atoms with Crippen molar-refractivity contribution in [1.82, 2.24) is 15.3 Å². The van der Waals surface area contributed by atoms with Crippen molar-refractivity contribution in [3.05, 3.63) is 18.1 Å². The standard InChI is InChI=1S/C13H23N3O2/c1-4-6-14-11(5-7-17-2)8-12-9-13(18-3)16-10-15-12/h9-11,14H,4-8H2,1-3H3. The summed E-state index contributed by atoms with van der Waals surface area (Å²) in [6.07, 6.45) is 4.50. The molecule has 1 heterocycles. The van der Waals surface area contributed by atoms with Crippen molar-refractivity contribution >= 4 is 0 Å². The van der Waals surface area contributed by atoms with Gasteiger partial charge in [-0.25, -0.2) is 9.97 Å². The number of hydrogen-bond donors (Lipinski definition) is 1. The summed E-state index contributed by atoms with van der Waals surface area (Å²) >= 11 is 0. The van der Waals surface area contributed by atoms with Gasteiger partial charge in [0.25, 0.3) is 0 Å². The third-order valence-corrected chi connectivity index (χ3v) is 2.72. The number of methoxy groups -OCH3 is 2. The van der Waals surface area contributed by atoms with Gasteiger partial charge in [0.1, 0.15) is 6.33 Å². The second kappa shape index (κ2) is 8.83. The molecule has 0 saturated carbocycles. The number of hydrogen-bond acceptors (Lipinski definition) is 5. The topological polar surface area (TPSA) is 56.3 Å². The van der Waals surface area contributed by atoms with E-state index in [4.69, 9.17) is 9.47 Å². The van der Waals surface area contributed by atoms with E-state index in [0.717, 1.165) is 38.1 Å². The van der Waals surface area contributed by atoms with E-state index in [0.29, 0.717) is 11.9 Å². The van der Waals surface area contributed by atoms with Crippen molar-refractivity contribution in [2.45, 2.75) is 32.2 Å². The summed E-state index contributed by atoms with van der Waals surface area (Å²) in [5.74, 6) is 0.612. The van der Waals surface area contributed by atoms with Crippen LogP contribution in [0, 0.1) is 0 Å². The fourth-order valence-electron chi connectivity index (χ4n) is 1.74. The lowest BCUT2D eigenvalue weighted by atomic mass is 10.1. The first-order valence-electron chi connectivity index (χ1n) is 6.37. The molecule has 0 aliphatic heterocycles. The predicted octanol–water partition coefficient (Wildman–Crippen LogP) is 1.43.